The number of rotatable bonds is 5. The summed E-state index contributed by atoms with van der Waals surface area (Å²) < 4.78 is 14.5. The summed E-state index contributed by atoms with van der Waals surface area (Å²) >= 11 is 0. The average Bonchev–Trinajstić information content (AvgIpc) is 1.99. The van der Waals surface area contributed by atoms with Gasteiger partial charge in [-0.2, -0.15) is 0 Å². The molecule has 0 aliphatic heterocycles. The molecule has 0 rings (SSSR count). The largest absolute Gasteiger partial charge is 0.505 e. The van der Waals surface area contributed by atoms with Gasteiger partial charge in [0.15, 0.2) is 6.29 Å². The van der Waals surface area contributed by atoms with E-state index in [1.165, 1.54) is 0 Å². The summed E-state index contributed by atoms with van der Waals surface area (Å²) in [6, 6.07) is 0. The zero-order chi connectivity index (χ0) is 7.82. The van der Waals surface area contributed by atoms with Crippen LogP contribution in [0.3, 0.4) is 0 Å². The van der Waals surface area contributed by atoms with Crippen molar-refractivity contribution in [1.29, 1.82) is 0 Å². The number of hydrogen-bond acceptors (Lipinski definition) is 3. The standard InChI is InChI=1S/C7H14O3/c1-8-6-4-5-7(9-2)10-3/h4,6-7H,5H2,1-3H3/b6-4+. The molecular formula is C7H14O3. The fourth-order valence-corrected chi connectivity index (χ4v) is 0.552. The molecule has 0 atom stereocenters. The van der Waals surface area contributed by atoms with Gasteiger partial charge in [0, 0.05) is 20.6 Å². The highest BCUT2D eigenvalue weighted by molar-refractivity contribution is 4.74. The lowest BCUT2D eigenvalue weighted by Gasteiger charge is -2.09. The number of hydrogen-bond donors (Lipinski definition) is 0. The van der Waals surface area contributed by atoms with Crippen molar-refractivity contribution >= 4 is 0 Å². The molecule has 0 radical (unpaired) electrons. The van der Waals surface area contributed by atoms with Crippen molar-refractivity contribution in [2.75, 3.05) is 21.3 Å². The third-order valence-electron chi connectivity index (χ3n) is 1.09. The van der Waals surface area contributed by atoms with Crippen molar-refractivity contribution in [3.05, 3.63) is 12.3 Å². The van der Waals surface area contributed by atoms with Gasteiger partial charge in [-0.25, -0.2) is 0 Å². The summed E-state index contributed by atoms with van der Waals surface area (Å²) in [5.74, 6) is 0. The van der Waals surface area contributed by atoms with Gasteiger partial charge in [-0.15, -0.1) is 0 Å². The molecule has 0 unspecified atom stereocenters. The van der Waals surface area contributed by atoms with Gasteiger partial charge in [0.25, 0.3) is 0 Å². The van der Waals surface area contributed by atoms with E-state index in [2.05, 4.69) is 4.74 Å². The Kier molecular flexibility index (Phi) is 6.22. The first-order valence-corrected chi connectivity index (χ1v) is 3.08. The minimum atomic E-state index is -0.161. The Balaban J connectivity index is 3.34. The van der Waals surface area contributed by atoms with Crippen molar-refractivity contribution in [2.24, 2.45) is 0 Å². The van der Waals surface area contributed by atoms with Crippen LogP contribution in [0.25, 0.3) is 0 Å². The second-order valence-corrected chi connectivity index (χ2v) is 1.74. The monoisotopic (exact) mass is 146 g/mol. The Morgan fingerprint density at radius 3 is 2.20 bits per heavy atom. The maximum Gasteiger partial charge on any atom is 0.160 e. The normalized spacial score (nSPS) is 11.2. The van der Waals surface area contributed by atoms with Crippen molar-refractivity contribution < 1.29 is 14.2 Å². The first kappa shape index (κ1) is 9.46. The van der Waals surface area contributed by atoms with Crippen LogP contribution < -0.4 is 0 Å². The van der Waals surface area contributed by atoms with E-state index < -0.39 is 0 Å². The van der Waals surface area contributed by atoms with Gasteiger partial charge in [0.05, 0.1) is 13.4 Å². The van der Waals surface area contributed by atoms with E-state index >= 15 is 0 Å². The molecular weight excluding hydrogens is 132 g/mol. The van der Waals surface area contributed by atoms with Crippen LogP contribution in [0.2, 0.25) is 0 Å². The third-order valence-corrected chi connectivity index (χ3v) is 1.09. The fourth-order valence-electron chi connectivity index (χ4n) is 0.552. The van der Waals surface area contributed by atoms with Crippen LogP contribution in [0.1, 0.15) is 6.42 Å². The molecule has 0 saturated heterocycles. The van der Waals surface area contributed by atoms with Crippen LogP contribution in [-0.4, -0.2) is 27.6 Å². The molecule has 0 fully saturated rings. The van der Waals surface area contributed by atoms with Crippen LogP contribution in [0.4, 0.5) is 0 Å². The maximum atomic E-state index is 4.92. The quantitative estimate of drug-likeness (QED) is 0.430. The van der Waals surface area contributed by atoms with Gasteiger partial charge in [-0.1, -0.05) is 0 Å². The summed E-state index contributed by atoms with van der Waals surface area (Å²) in [5.41, 5.74) is 0. The Morgan fingerprint density at radius 2 is 1.80 bits per heavy atom. The highest BCUT2D eigenvalue weighted by Gasteiger charge is 1.99. The molecule has 0 saturated carbocycles. The van der Waals surface area contributed by atoms with Crippen LogP contribution >= 0.6 is 0 Å². The van der Waals surface area contributed by atoms with E-state index in [-0.39, 0.29) is 6.29 Å². The molecule has 0 aliphatic carbocycles. The first-order valence-electron chi connectivity index (χ1n) is 3.08. The van der Waals surface area contributed by atoms with Gasteiger partial charge in [-0.3, -0.25) is 0 Å². The minimum Gasteiger partial charge on any atom is -0.505 e. The lowest BCUT2D eigenvalue weighted by molar-refractivity contribution is -0.0988. The summed E-state index contributed by atoms with van der Waals surface area (Å²) in [7, 11) is 4.81. The van der Waals surface area contributed by atoms with Gasteiger partial charge < -0.3 is 14.2 Å². The van der Waals surface area contributed by atoms with Gasteiger partial charge in [-0.05, 0) is 6.08 Å². The molecule has 60 valence electrons. The fraction of sp³-hybridized carbons (Fsp3) is 0.714. The lowest BCUT2D eigenvalue weighted by atomic mass is 10.4. The minimum absolute atomic E-state index is 0.161. The van der Waals surface area contributed by atoms with Crippen molar-refractivity contribution in [1.82, 2.24) is 0 Å². The maximum absolute atomic E-state index is 4.92. The molecule has 0 bridgehead atoms. The molecule has 0 aromatic heterocycles. The number of ether oxygens (including phenoxy) is 3. The van der Waals surface area contributed by atoms with Crippen LogP contribution in [0, 0.1) is 0 Å². The van der Waals surface area contributed by atoms with E-state index in [1.54, 1.807) is 27.6 Å². The zero-order valence-corrected chi connectivity index (χ0v) is 6.66. The molecule has 0 aromatic carbocycles. The SMILES string of the molecule is CO/C=C/CC(OC)OC. The molecule has 3 heteroatoms. The van der Waals surface area contributed by atoms with E-state index in [4.69, 9.17) is 9.47 Å². The predicted octanol–water partition coefficient (Wildman–Crippen LogP) is 1.16. The third kappa shape index (κ3) is 4.35. The second-order valence-electron chi connectivity index (χ2n) is 1.74. The van der Waals surface area contributed by atoms with E-state index in [1.807, 2.05) is 6.08 Å². The summed E-state index contributed by atoms with van der Waals surface area (Å²) in [6.45, 7) is 0. The average molecular weight is 146 g/mol. The molecule has 10 heavy (non-hydrogen) atoms. The molecule has 0 heterocycles. The highest BCUT2D eigenvalue weighted by Crippen LogP contribution is 1.97. The molecule has 0 spiro atoms. The smallest absolute Gasteiger partial charge is 0.160 e. The van der Waals surface area contributed by atoms with Gasteiger partial charge >= 0.3 is 0 Å². The zero-order valence-electron chi connectivity index (χ0n) is 6.66. The molecule has 0 amide bonds. The summed E-state index contributed by atoms with van der Waals surface area (Å²) in [6.07, 6.45) is 4.00. The Hall–Kier alpha value is -0.540. The highest BCUT2D eigenvalue weighted by atomic mass is 16.7. The topological polar surface area (TPSA) is 27.7 Å². The molecule has 0 aromatic rings. The Bertz CT molecular complexity index is 86.9. The molecule has 0 N–H and O–H groups in total. The van der Waals surface area contributed by atoms with Crippen molar-refractivity contribution in [2.45, 2.75) is 12.7 Å². The first-order chi connectivity index (χ1) is 4.85. The van der Waals surface area contributed by atoms with E-state index in [0.717, 1.165) is 0 Å². The summed E-state index contributed by atoms with van der Waals surface area (Å²) in [5, 5.41) is 0. The molecule has 0 aliphatic rings. The van der Waals surface area contributed by atoms with Crippen LogP contribution in [-0.2, 0) is 14.2 Å². The van der Waals surface area contributed by atoms with E-state index in [9.17, 15) is 0 Å². The van der Waals surface area contributed by atoms with Crippen molar-refractivity contribution in [3.8, 4) is 0 Å². The molecule has 3 nitrogen and oxygen atoms in total. The second kappa shape index (κ2) is 6.58. The van der Waals surface area contributed by atoms with E-state index in [0.29, 0.717) is 6.42 Å². The summed E-state index contributed by atoms with van der Waals surface area (Å²) in [4.78, 5) is 0. The lowest BCUT2D eigenvalue weighted by Crippen LogP contribution is -2.10. The van der Waals surface area contributed by atoms with Gasteiger partial charge in [0.1, 0.15) is 0 Å². The number of methoxy groups -OCH3 is 3. The van der Waals surface area contributed by atoms with Crippen LogP contribution in [0.15, 0.2) is 12.3 Å². The Labute approximate surface area is 61.6 Å². The Morgan fingerprint density at radius 1 is 1.20 bits per heavy atom. The van der Waals surface area contributed by atoms with Gasteiger partial charge in [0.2, 0.25) is 0 Å². The predicted molar refractivity (Wildman–Crippen MR) is 38.6 cm³/mol. The van der Waals surface area contributed by atoms with Crippen LogP contribution in [0.5, 0.6) is 0 Å². The van der Waals surface area contributed by atoms with Crippen molar-refractivity contribution in [3.63, 3.8) is 0 Å².